The van der Waals surface area contributed by atoms with E-state index in [0.29, 0.717) is 13.0 Å². The van der Waals surface area contributed by atoms with Crippen LogP contribution < -0.4 is 20.3 Å². The van der Waals surface area contributed by atoms with E-state index in [9.17, 15) is 9.90 Å². The third-order valence-corrected chi connectivity index (χ3v) is 4.38. The quantitative estimate of drug-likeness (QED) is 0.728. The van der Waals surface area contributed by atoms with E-state index < -0.39 is 6.10 Å². The van der Waals surface area contributed by atoms with Crippen LogP contribution in [0, 0.1) is 0 Å². The lowest BCUT2D eigenvalue weighted by Crippen LogP contribution is -2.46. The van der Waals surface area contributed by atoms with Crippen molar-refractivity contribution in [2.24, 2.45) is 0 Å². The Hall–Kier alpha value is -1.21. The molecule has 0 spiro atoms. The SMILES string of the molecule is COc1ccccc1N1CCC(NC(=O)C2CC(O)CN2)C1.Cl.Cl. The molecule has 0 aromatic heterocycles. The average molecular weight is 378 g/mol. The Morgan fingerprint density at radius 1 is 1.38 bits per heavy atom. The number of rotatable bonds is 4. The highest BCUT2D eigenvalue weighted by molar-refractivity contribution is 5.85. The van der Waals surface area contributed by atoms with Crippen LogP contribution in [-0.4, -0.2) is 55.9 Å². The second-order valence-electron chi connectivity index (χ2n) is 5.96. The van der Waals surface area contributed by atoms with Gasteiger partial charge in [0.15, 0.2) is 0 Å². The van der Waals surface area contributed by atoms with Crippen LogP contribution in [0.15, 0.2) is 24.3 Å². The highest BCUT2D eigenvalue weighted by Gasteiger charge is 2.31. The number of methoxy groups -OCH3 is 1. The zero-order valence-corrected chi connectivity index (χ0v) is 15.2. The Balaban J connectivity index is 0.00000144. The van der Waals surface area contributed by atoms with Gasteiger partial charge in [-0.1, -0.05) is 12.1 Å². The number of hydrogen-bond donors (Lipinski definition) is 3. The molecule has 3 N–H and O–H groups in total. The maximum absolute atomic E-state index is 12.2. The summed E-state index contributed by atoms with van der Waals surface area (Å²) in [4.78, 5) is 14.4. The van der Waals surface area contributed by atoms with E-state index in [1.165, 1.54) is 0 Å². The molecule has 2 fully saturated rings. The maximum atomic E-state index is 12.2. The van der Waals surface area contributed by atoms with Gasteiger partial charge in [0.25, 0.3) is 0 Å². The number of benzene rings is 1. The van der Waals surface area contributed by atoms with Gasteiger partial charge in [-0.05, 0) is 25.0 Å². The van der Waals surface area contributed by atoms with Crippen LogP contribution in [0.4, 0.5) is 5.69 Å². The minimum atomic E-state index is -0.413. The van der Waals surface area contributed by atoms with E-state index in [1.54, 1.807) is 7.11 Å². The summed E-state index contributed by atoms with van der Waals surface area (Å²) in [5.74, 6) is 0.846. The van der Waals surface area contributed by atoms with Gasteiger partial charge in [-0.2, -0.15) is 0 Å². The molecule has 6 nitrogen and oxygen atoms in total. The van der Waals surface area contributed by atoms with Crippen molar-refractivity contribution in [3.63, 3.8) is 0 Å². The molecule has 3 rings (SSSR count). The number of para-hydroxylation sites is 2. The smallest absolute Gasteiger partial charge is 0.237 e. The van der Waals surface area contributed by atoms with E-state index in [1.807, 2.05) is 24.3 Å². The van der Waals surface area contributed by atoms with E-state index in [4.69, 9.17) is 4.74 Å². The Morgan fingerprint density at radius 3 is 2.79 bits per heavy atom. The van der Waals surface area contributed by atoms with Crippen molar-refractivity contribution in [2.75, 3.05) is 31.6 Å². The second-order valence-corrected chi connectivity index (χ2v) is 5.96. The van der Waals surface area contributed by atoms with Crippen molar-refractivity contribution in [3.8, 4) is 5.75 Å². The molecule has 3 atom stereocenters. The second kappa shape index (κ2) is 9.32. The molecule has 0 bridgehead atoms. The normalized spacial score (nSPS) is 25.6. The number of carbonyl (C=O) groups is 1. The van der Waals surface area contributed by atoms with Gasteiger partial charge in [-0.3, -0.25) is 4.79 Å². The van der Waals surface area contributed by atoms with Gasteiger partial charge in [0, 0.05) is 25.7 Å². The number of nitrogens with one attached hydrogen (secondary N) is 2. The fourth-order valence-corrected chi connectivity index (χ4v) is 3.21. The first-order valence-electron chi connectivity index (χ1n) is 7.77. The van der Waals surface area contributed by atoms with Gasteiger partial charge in [0.2, 0.25) is 5.91 Å². The molecular formula is C16H25Cl2N3O3. The van der Waals surface area contributed by atoms with E-state index in [0.717, 1.165) is 30.9 Å². The molecule has 1 aromatic carbocycles. The lowest BCUT2D eigenvalue weighted by Gasteiger charge is -2.22. The van der Waals surface area contributed by atoms with Gasteiger partial charge in [0.05, 0.1) is 24.9 Å². The highest BCUT2D eigenvalue weighted by atomic mass is 35.5. The van der Waals surface area contributed by atoms with Gasteiger partial charge in [-0.25, -0.2) is 0 Å². The number of anilines is 1. The Bertz CT molecular complexity index is 547. The first-order chi connectivity index (χ1) is 10.7. The predicted octanol–water partition coefficient (Wildman–Crippen LogP) is 0.956. The van der Waals surface area contributed by atoms with Gasteiger partial charge < -0.3 is 25.4 Å². The Labute approximate surface area is 154 Å². The number of carbonyl (C=O) groups excluding carboxylic acids is 1. The molecule has 3 unspecified atom stereocenters. The van der Waals surface area contributed by atoms with Crippen LogP contribution in [0.2, 0.25) is 0 Å². The summed E-state index contributed by atoms with van der Waals surface area (Å²) in [7, 11) is 1.67. The van der Waals surface area contributed by atoms with Crippen molar-refractivity contribution >= 4 is 36.4 Å². The molecule has 136 valence electrons. The van der Waals surface area contributed by atoms with E-state index >= 15 is 0 Å². The van der Waals surface area contributed by atoms with E-state index in [-0.39, 0.29) is 42.8 Å². The van der Waals surface area contributed by atoms with Gasteiger partial charge in [-0.15, -0.1) is 24.8 Å². The first-order valence-corrected chi connectivity index (χ1v) is 7.77. The molecule has 1 aromatic rings. The number of aliphatic hydroxyl groups is 1. The van der Waals surface area contributed by atoms with Crippen molar-refractivity contribution < 1.29 is 14.6 Å². The molecule has 0 radical (unpaired) electrons. The summed E-state index contributed by atoms with van der Waals surface area (Å²) in [6, 6.07) is 7.80. The van der Waals surface area contributed by atoms with Crippen molar-refractivity contribution in [3.05, 3.63) is 24.3 Å². The molecule has 2 aliphatic rings. The summed E-state index contributed by atoms with van der Waals surface area (Å²) in [5.41, 5.74) is 1.07. The van der Waals surface area contributed by atoms with Crippen LogP contribution in [0.5, 0.6) is 5.75 Å². The molecule has 2 saturated heterocycles. The van der Waals surface area contributed by atoms with Crippen LogP contribution in [-0.2, 0) is 4.79 Å². The van der Waals surface area contributed by atoms with Crippen LogP contribution >= 0.6 is 24.8 Å². The number of ether oxygens (including phenoxy) is 1. The largest absolute Gasteiger partial charge is 0.495 e. The Morgan fingerprint density at radius 2 is 2.12 bits per heavy atom. The molecule has 1 amide bonds. The molecule has 2 aliphatic heterocycles. The standard InChI is InChI=1S/C16H23N3O3.2ClH/c1-22-15-5-3-2-4-14(15)19-7-6-11(10-19)18-16(21)13-8-12(20)9-17-13;;/h2-5,11-13,17,20H,6-10H2,1H3,(H,18,21);2*1H. The van der Waals surface area contributed by atoms with Crippen LogP contribution in [0.1, 0.15) is 12.8 Å². The summed E-state index contributed by atoms with van der Waals surface area (Å²) in [6.45, 7) is 2.17. The third kappa shape index (κ3) is 4.66. The van der Waals surface area contributed by atoms with Crippen molar-refractivity contribution in [2.45, 2.75) is 31.0 Å². The average Bonchev–Trinajstić information content (AvgIpc) is 3.16. The van der Waals surface area contributed by atoms with Crippen molar-refractivity contribution in [1.82, 2.24) is 10.6 Å². The lowest BCUT2D eigenvalue weighted by atomic mass is 10.1. The third-order valence-electron chi connectivity index (χ3n) is 4.38. The maximum Gasteiger partial charge on any atom is 0.237 e. The van der Waals surface area contributed by atoms with E-state index in [2.05, 4.69) is 15.5 Å². The van der Waals surface area contributed by atoms with Gasteiger partial charge >= 0.3 is 0 Å². The predicted molar refractivity (Wildman–Crippen MR) is 98.7 cm³/mol. The van der Waals surface area contributed by atoms with Crippen LogP contribution in [0.25, 0.3) is 0 Å². The lowest BCUT2D eigenvalue weighted by molar-refractivity contribution is -0.123. The van der Waals surface area contributed by atoms with Crippen molar-refractivity contribution in [1.29, 1.82) is 0 Å². The number of hydrogen-bond acceptors (Lipinski definition) is 5. The monoisotopic (exact) mass is 377 g/mol. The zero-order valence-electron chi connectivity index (χ0n) is 13.6. The summed E-state index contributed by atoms with van der Waals surface area (Å²) in [5, 5.41) is 15.6. The highest BCUT2D eigenvalue weighted by Crippen LogP contribution is 2.30. The summed E-state index contributed by atoms with van der Waals surface area (Å²) >= 11 is 0. The fourth-order valence-electron chi connectivity index (χ4n) is 3.21. The molecule has 8 heteroatoms. The topological polar surface area (TPSA) is 73.8 Å². The fraction of sp³-hybridized carbons (Fsp3) is 0.562. The molecule has 0 aliphatic carbocycles. The molecule has 0 saturated carbocycles. The zero-order chi connectivity index (χ0) is 15.5. The first kappa shape index (κ1) is 20.8. The number of halogens is 2. The summed E-state index contributed by atoms with van der Waals surface area (Å²) < 4.78 is 5.40. The minimum Gasteiger partial charge on any atom is -0.495 e. The molecule has 2 heterocycles. The number of β-amino-alcohol motifs (C(OH)–C–C–N with tert-alkyl or cyclic N) is 1. The number of amides is 1. The number of aliphatic hydroxyl groups excluding tert-OH is 1. The molecule has 24 heavy (non-hydrogen) atoms. The van der Waals surface area contributed by atoms with Crippen LogP contribution in [0.3, 0.4) is 0 Å². The minimum absolute atomic E-state index is 0. The number of nitrogens with zero attached hydrogens (tertiary/aromatic N) is 1. The van der Waals surface area contributed by atoms with Gasteiger partial charge in [0.1, 0.15) is 5.75 Å². The summed E-state index contributed by atoms with van der Waals surface area (Å²) in [6.07, 6.45) is 0.998. The molecular weight excluding hydrogens is 353 g/mol. The Kier molecular flexibility index (Phi) is 8.09.